The van der Waals surface area contributed by atoms with Crippen molar-refractivity contribution in [2.75, 3.05) is 36.5 Å². The molecule has 160 valence electrons. The number of nitrogens with zero attached hydrogens (tertiary/aromatic N) is 3. The molecule has 6 nitrogen and oxygen atoms in total. The van der Waals surface area contributed by atoms with Gasteiger partial charge in [0.1, 0.15) is 0 Å². The van der Waals surface area contributed by atoms with Gasteiger partial charge < -0.3 is 15.0 Å². The molecule has 1 amide bonds. The minimum atomic E-state index is -4.44. The highest BCUT2D eigenvalue weighted by molar-refractivity contribution is 6.04. The molecule has 9 heteroatoms. The van der Waals surface area contributed by atoms with E-state index < -0.39 is 17.6 Å². The van der Waals surface area contributed by atoms with Gasteiger partial charge in [0.2, 0.25) is 0 Å². The number of carbonyl (C=O) groups excluding carboxylic acids is 1. The van der Waals surface area contributed by atoms with Crippen LogP contribution in [0.3, 0.4) is 0 Å². The average Bonchev–Trinajstić information content (AvgIpc) is 2.79. The SMILES string of the molecule is O=C(Nc1cccc(-c2ccc(N3CCOCC3)nn2)c1)c1ccc(C(F)(F)F)cc1. The van der Waals surface area contributed by atoms with Crippen molar-refractivity contribution in [3.63, 3.8) is 0 Å². The third-order valence-corrected chi connectivity index (χ3v) is 4.88. The summed E-state index contributed by atoms with van der Waals surface area (Å²) in [6, 6.07) is 14.8. The zero-order chi connectivity index (χ0) is 21.8. The molecule has 0 unspecified atom stereocenters. The third kappa shape index (κ3) is 5.00. The van der Waals surface area contributed by atoms with E-state index in [-0.39, 0.29) is 5.56 Å². The lowest BCUT2D eigenvalue weighted by Gasteiger charge is -2.27. The lowest BCUT2D eigenvalue weighted by molar-refractivity contribution is -0.137. The van der Waals surface area contributed by atoms with Crippen molar-refractivity contribution < 1.29 is 22.7 Å². The number of ether oxygens (including phenoxy) is 1. The van der Waals surface area contributed by atoms with E-state index in [4.69, 9.17) is 4.74 Å². The van der Waals surface area contributed by atoms with E-state index in [1.165, 1.54) is 0 Å². The molecular formula is C22H19F3N4O2. The van der Waals surface area contributed by atoms with Crippen LogP contribution in [0.1, 0.15) is 15.9 Å². The highest BCUT2D eigenvalue weighted by Crippen LogP contribution is 2.29. The number of anilines is 2. The summed E-state index contributed by atoms with van der Waals surface area (Å²) in [7, 11) is 0. The average molecular weight is 428 g/mol. The Hall–Kier alpha value is -3.46. The molecule has 1 fully saturated rings. The second kappa shape index (κ2) is 8.73. The molecule has 0 aliphatic carbocycles. The predicted molar refractivity (Wildman–Crippen MR) is 110 cm³/mol. The van der Waals surface area contributed by atoms with Gasteiger partial charge >= 0.3 is 6.18 Å². The number of halogens is 3. The molecule has 31 heavy (non-hydrogen) atoms. The fourth-order valence-electron chi connectivity index (χ4n) is 3.21. The quantitative estimate of drug-likeness (QED) is 0.673. The molecule has 1 aromatic heterocycles. The van der Waals surface area contributed by atoms with Crippen LogP contribution in [-0.4, -0.2) is 42.4 Å². The van der Waals surface area contributed by atoms with Crippen molar-refractivity contribution >= 4 is 17.4 Å². The minimum absolute atomic E-state index is 0.132. The summed E-state index contributed by atoms with van der Waals surface area (Å²) in [5.74, 6) is 0.276. The predicted octanol–water partition coefficient (Wildman–Crippen LogP) is 4.25. The van der Waals surface area contributed by atoms with E-state index in [2.05, 4.69) is 20.4 Å². The van der Waals surface area contributed by atoms with Crippen LogP contribution in [0.25, 0.3) is 11.3 Å². The third-order valence-electron chi connectivity index (χ3n) is 4.88. The van der Waals surface area contributed by atoms with Crippen molar-refractivity contribution in [3.8, 4) is 11.3 Å². The number of amides is 1. The van der Waals surface area contributed by atoms with Gasteiger partial charge in [0, 0.05) is 29.9 Å². The van der Waals surface area contributed by atoms with Gasteiger partial charge in [-0.25, -0.2) is 0 Å². The molecule has 2 aromatic carbocycles. The maximum atomic E-state index is 12.7. The first-order valence-electron chi connectivity index (χ1n) is 9.66. The monoisotopic (exact) mass is 428 g/mol. The van der Waals surface area contributed by atoms with Crippen molar-refractivity contribution in [2.45, 2.75) is 6.18 Å². The van der Waals surface area contributed by atoms with Crippen LogP contribution in [0.5, 0.6) is 0 Å². The van der Waals surface area contributed by atoms with Crippen LogP contribution in [0, 0.1) is 0 Å². The molecule has 3 aromatic rings. The zero-order valence-corrected chi connectivity index (χ0v) is 16.4. The first-order valence-corrected chi connectivity index (χ1v) is 9.66. The molecule has 1 aliphatic heterocycles. The normalized spacial score (nSPS) is 14.4. The number of alkyl halides is 3. The topological polar surface area (TPSA) is 67.4 Å². The molecule has 1 N–H and O–H groups in total. The number of hydrogen-bond donors (Lipinski definition) is 1. The summed E-state index contributed by atoms with van der Waals surface area (Å²) in [6.45, 7) is 2.84. The van der Waals surface area contributed by atoms with Crippen LogP contribution in [-0.2, 0) is 10.9 Å². The number of nitrogens with one attached hydrogen (secondary N) is 1. The Labute approximate surface area is 176 Å². The standard InChI is InChI=1S/C22H19F3N4O2/c23-22(24,25)17-6-4-15(5-7-17)21(30)26-18-3-1-2-16(14-18)19-8-9-20(28-27-19)29-10-12-31-13-11-29/h1-9,14H,10-13H2,(H,26,30). The van der Waals surface area contributed by atoms with Crippen molar-refractivity contribution in [3.05, 3.63) is 71.8 Å². The largest absolute Gasteiger partial charge is 0.416 e. The number of carbonyl (C=O) groups is 1. The van der Waals surface area contributed by atoms with E-state index in [1.54, 1.807) is 18.2 Å². The highest BCUT2D eigenvalue weighted by Gasteiger charge is 2.30. The second-order valence-corrected chi connectivity index (χ2v) is 6.99. The van der Waals surface area contributed by atoms with Crippen molar-refractivity contribution in [1.82, 2.24) is 10.2 Å². The summed E-state index contributed by atoms with van der Waals surface area (Å²) in [5, 5.41) is 11.3. The van der Waals surface area contributed by atoms with Crippen LogP contribution in [0.2, 0.25) is 0 Å². The molecule has 4 rings (SSSR count). The molecular weight excluding hydrogens is 409 g/mol. The van der Waals surface area contributed by atoms with E-state index in [1.807, 2.05) is 18.2 Å². The van der Waals surface area contributed by atoms with Gasteiger partial charge in [-0.2, -0.15) is 13.2 Å². The first-order chi connectivity index (χ1) is 14.9. The number of hydrogen-bond acceptors (Lipinski definition) is 5. The maximum absolute atomic E-state index is 12.7. The zero-order valence-electron chi connectivity index (χ0n) is 16.4. The summed E-state index contributed by atoms with van der Waals surface area (Å²) in [5.41, 5.74) is 1.23. The van der Waals surface area contributed by atoms with Crippen molar-refractivity contribution in [1.29, 1.82) is 0 Å². The molecule has 1 saturated heterocycles. The van der Waals surface area contributed by atoms with Crippen LogP contribution >= 0.6 is 0 Å². The smallest absolute Gasteiger partial charge is 0.378 e. The number of rotatable bonds is 4. The van der Waals surface area contributed by atoms with E-state index in [0.29, 0.717) is 24.6 Å². The fraction of sp³-hybridized carbons (Fsp3) is 0.227. The maximum Gasteiger partial charge on any atom is 0.416 e. The Morgan fingerprint density at radius 1 is 0.968 bits per heavy atom. The fourth-order valence-corrected chi connectivity index (χ4v) is 3.21. The van der Waals surface area contributed by atoms with E-state index >= 15 is 0 Å². The van der Waals surface area contributed by atoms with Crippen LogP contribution in [0.4, 0.5) is 24.7 Å². The number of morpholine rings is 1. The van der Waals surface area contributed by atoms with Gasteiger partial charge in [-0.05, 0) is 48.5 Å². The Kier molecular flexibility index (Phi) is 5.85. The van der Waals surface area contributed by atoms with Gasteiger partial charge in [0.25, 0.3) is 5.91 Å². The summed E-state index contributed by atoms with van der Waals surface area (Å²) < 4.78 is 43.4. The number of benzene rings is 2. The second-order valence-electron chi connectivity index (χ2n) is 6.99. The molecule has 0 spiro atoms. The Morgan fingerprint density at radius 3 is 2.35 bits per heavy atom. The number of aromatic nitrogens is 2. The molecule has 0 atom stereocenters. The van der Waals surface area contributed by atoms with Gasteiger partial charge in [-0.3, -0.25) is 4.79 Å². The summed E-state index contributed by atoms with van der Waals surface area (Å²) >= 11 is 0. The first kappa shape index (κ1) is 20.8. The summed E-state index contributed by atoms with van der Waals surface area (Å²) in [4.78, 5) is 14.5. The minimum Gasteiger partial charge on any atom is -0.378 e. The molecule has 0 saturated carbocycles. The van der Waals surface area contributed by atoms with E-state index in [0.717, 1.165) is 48.7 Å². The van der Waals surface area contributed by atoms with Gasteiger partial charge in [-0.1, -0.05) is 12.1 Å². The summed E-state index contributed by atoms with van der Waals surface area (Å²) in [6.07, 6.45) is -4.44. The van der Waals surface area contributed by atoms with Crippen molar-refractivity contribution in [2.24, 2.45) is 0 Å². The van der Waals surface area contributed by atoms with Gasteiger partial charge in [0.15, 0.2) is 5.82 Å². The Morgan fingerprint density at radius 2 is 1.71 bits per heavy atom. The van der Waals surface area contributed by atoms with Gasteiger partial charge in [0.05, 0.1) is 24.5 Å². The van der Waals surface area contributed by atoms with Gasteiger partial charge in [-0.15, -0.1) is 10.2 Å². The lowest BCUT2D eigenvalue weighted by atomic mass is 10.1. The van der Waals surface area contributed by atoms with Crippen LogP contribution < -0.4 is 10.2 Å². The molecule has 2 heterocycles. The molecule has 0 radical (unpaired) electrons. The van der Waals surface area contributed by atoms with Crippen LogP contribution in [0.15, 0.2) is 60.7 Å². The lowest BCUT2D eigenvalue weighted by Crippen LogP contribution is -2.36. The van der Waals surface area contributed by atoms with E-state index in [9.17, 15) is 18.0 Å². The Bertz CT molecular complexity index is 1050. The highest BCUT2D eigenvalue weighted by atomic mass is 19.4. The molecule has 0 bridgehead atoms. The Balaban J connectivity index is 1.46. The molecule has 1 aliphatic rings.